The van der Waals surface area contributed by atoms with E-state index in [-0.39, 0.29) is 24.7 Å². The van der Waals surface area contributed by atoms with Gasteiger partial charge in [0.05, 0.1) is 0 Å². The molecule has 0 aliphatic carbocycles. The number of esters is 2. The van der Waals surface area contributed by atoms with E-state index in [9.17, 15) is 40.2 Å². The molecule has 0 radical (unpaired) electrons. The maximum absolute atomic E-state index is 13.5. The second kappa shape index (κ2) is 53.6. The van der Waals surface area contributed by atoms with Crippen molar-refractivity contribution in [1.82, 2.24) is 0 Å². The van der Waals surface area contributed by atoms with Crippen LogP contribution >= 0.6 is 0 Å². The predicted octanol–water partition coefficient (Wildman–Crippen LogP) is 16.5. The molecule has 0 aromatic carbocycles. The second-order valence-electron chi connectivity index (χ2n) is 26.0. The van der Waals surface area contributed by atoms with Crippen molar-refractivity contribution in [2.75, 3.05) is 13.2 Å². The normalized spacial score (nSPS) is 22.9. The molecule has 13 nitrogen and oxygen atoms in total. The lowest BCUT2D eigenvalue weighted by Crippen LogP contribution is -2.64. The van der Waals surface area contributed by atoms with Gasteiger partial charge >= 0.3 is 11.9 Å². The lowest BCUT2D eigenvalue weighted by Gasteiger charge is -2.44. The van der Waals surface area contributed by atoms with Crippen LogP contribution in [0.3, 0.4) is 0 Å². The molecule has 492 valence electrons. The van der Waals surface area contributed by atoms with E-state index in [2.05, 4.69) is 27.7 Å². The highest BCUT2D eigenvalue weighted by Crippen LogP contribution is 2.31. The Morgan fingerprint density at radius 1 is 0.301 bits per heavy atom. The number of carbonyl (C=O) groups excluding carboxylic acids is 2. The number of hydrogen-bond acceptors (Lipinski definition) is 13. The summed E-state index contributed by atoms with van der Waals surface area (Å²) >= 11 is 0. The molecule has 0 aromatic heterocycles. The minimum absolute atomic E-state index is 0.166. The van der Waals surface area contributed by atoms with Crippen molar-refractivity contribution in [1.29, 1.82) is 0 Å². The summed E-state index contributed by atoms with van der Waals surface area (Å²) in [7, 11) is 0. The van der Waals surface area contributed by atoms with Crippen LogP contribution in [0.5, 0.6) is 0 Å². The van der Waals surface area contributed by atoms with Crippen molar-refractivity contribution < 1.29 is 63.9 Å². The summed E-state index contributed by atoms with van der Waals surface area (Å²) in [6.07, 6.45) is 43.2. The molecule has 2 heterocycles. The Labute approximate surface area is 509 Å². The maximum atomic E-state index is 13.5. The maximum Gasteiger partial charge on any atom is 0.306 e. The summed E-state index contributed by atoms with van der Waals surface area (Å²) in [6, 6.07) is 0. The van der Waals surface area contributed by atoms with Gasteiger partial charge in [0.1, 0.15) is 62.0 Å². The van der Waals surface area contributed by atoms with Gasteiger partial charge in [0.2, 0.25) is 0 Å². The molecule has 2 rings (SSSR count). The predicted molar refractivity (Wildman–Crippen MR) is 337 cm³/mol. The Bertz CT molecular complexity index is 1300. The summed E-state index contributed by atoms with van der Waals surface area (Å²) in [6.45, 7) is 8.18. The number of carbonyl (C=O) groups is 2. The van der Waals surface area contributed by atoms with Crippen LogP contribution in [0.15, 0.2) is 0 Å². The van der Waals surface area contributed by atoms with Gasteiger partial charge in [-0.15, -0.1) is 0 Å². The van der Waals surface area contributed by atoms with Crippen molar-refractivity contribution in [2.45, 2.75) is 410 Å². The summed E-state index contributed by atoms with van der Waals surface area (Å²) in [5.41, 5.74) is 0. The van der Waals surface area contributed by atoms with Crippen LogP contribution in [-0.4, -0.2) is 117 Å². The largest absolute Gasteiger partial charge is 0.463 e. The Morgan fingerprint density at radius 2 is 0.506 bits per heavy atom. The van der Waals surface area contributed by atoms with Crippen molar-refractivity contribution >= 4 is 11.9 Å². The van der Waals surface area contributed by atoms with Crippen LogP contribution in [0.1, 0.15) is 349 Å². The van der Waals surface area contributed by atoms with Gasteiger partial charge in [0.15, 0.2) is 12.6 Å². The second-order valence-corrected chi connectivity index (χ2v) is 26.0. The molecule has 0 amide bonds. The highest BCUT2D eigenvalue weighted by atomic mass is 16.8. The summed E-state index contributed by atoms with van der Waals surface area (Å²) in [5.74, 6) is -0.520. The topological polar surface area (TPSA) is 202 Å². The quantitative estimate of drug-likeness (QED) is 0.0248. The first-order chi connectivity index (χ1) is 40.5. The van der Waals surface area contributed by atoms with E-state index in [0.717, 1.165) is 77.0 Å². The molecule has 2 fully saturated rings. The minimum Gasteiger partial charge on any atom is -0.463 e. The Kier molecular flexibility index (Phi) is 50.2. The zero-order valence-electron chi connectivity index (χ0n) is 54.2. The van der Waals surface area contributed by atoms with Crippen LogP contribution in [0, 0.1) is 11.8 Å². The van der Waals surface area contributed by atoms with Gasteiger partial charge in [0, 0.05) is 12.8 Å². The monoisotopic (exact) mass is 1180 g/mol. The molecule has 0 saturated carbocycles. The first-order valence-electron chi connectivity index (χ1n) is 35.8. The van der Waals surface area contributed by atoms with Crippen molar-refractivity contribution in [3.05, 3.63) is 0 Å². The fourth-order valence-corrected chi connectivity index (χ4v) is 12.5. The van der Waals surface area contributed by atoms with Gasteiger partial charge < -0.3 is 54.3 Å². The minimum atomic E-state index is -1.81. The average molecular weight is 1180 g/mol. The SMILES string of the molecule is CCCCCCCCCCCCCC(CCCCCCCCCCCCC)CC(=O)OC[C@H]1O[C@H](O[C@H]2O[C@H](COC(=O)CC(CCCCCCCCCCCCC)CCCCCCCCCCCCC)[C@@H](O)[C@H](O)[C@H]2O)[C@H](O)[C@@H](O)[C@@H]1O. The first-order valence-corrected chi connectivity index (χ1v) is 35.8. The van der Waals surface area contributed by atoms with Gasteiger partial charge in [-0.05, 0) is 37.5 Å². The number of ether oxygens (including phenoxy) is 5. The number of aliphatic hydroxyl groups is 6. The van der Waals surface area contributed by atoms with Gasteiger partial charge in [-0.3, -0.25) is 9.59 Å². The standard InChI is InChI=1S/C70H134O13/c1-5-9-13-17-21-25-29-33-37-41-45-49-57(50-46-42-38-34-30-26-22-18-14-10-6-2)53-61(71)79-55-59-63(73)65(75)67(77)69(81-59)83-70-68(78)66(76)64(74)60(82-70)56-80-62(72)54-58(51-47-43-39-35-31-27-23-19-15-11-7-3)52-48-44-40-36-32-28-24-20-16-12-8-4/h57-60,63-70,73-78H,5-56H2,1-4H3/t59-,60-,63-,64-,65+,66+,67-,68-,69-,70-/m1/s1. The zero-order chi connectivity index (χ0) is 60.4. The summed E-state index contributed by atoms with van der Waals surface area (Å²) < 4.78 is 29.1. The van der Waals surface area contributed by atoms with Crippen LogP contribution in [0.25, 0.3) is 0 Å². The number of rotatable bonds is 58. The molecular formula is C70H134O13. The lowest BCUT2D eigenvalue weighted by atomic mass is 9.91. The van der Waals surface area contributed by atoms with E-state index in [1.807, 2.05) is 0 Å². The smallest absolute Gasteiger partial charge is 0.306 e. The Balaban J connectivity index is 1.94. The third-order valence-electron chi connectivity index (χ3n) is 18.2. The molecule has 6 N–H and O–H groups in total. The molecule has 2 saturated heterocycles. The van der Waals surface area contributed by atoms with Gasteiger partial charge in [-0.1, -0.05) is 310 Å². The molecule has 10 atom stereocenters. The van der Waals surface area contributed by atoms with E-state index in [0.29, 0.717) is 0 Å². The zero-order valence-corrected chi connectivity index (χ0v) is 54.2. The molecule has 83 heavy (non-hydrogen) atoms. The Morgan fingerprint density at radius 3 is 0.723 bits per heavy atom. The van der Waals surface area contributed by atoms with E-state index in [1.165, 1.54) is 231 Å². The number of aliphatic hydroxyl groups excluding tert-OH is 6. The average Bonchev–Trinajstić information content (AvgIpc) is 3.64. The number of hydrogen-bond donors (Lipinski definition) is 6. The first kappa shape index (κ1) is 77.7. The van der Waals surface area contributed by atoms with Gasteiger partial charge in [-0.25, -0.2) is 0 Å². The van der Waals surface area contributed by atoms with E-state index >= 15 is 0 Å². The number of unbranched alkanes of at least 4 members (excludes halogenated alkanes) is 40. The van der Waals surface area contributed by atoms with Crippen LogP contribution in [-0.2, 0) is 33.3 Å². The molecule has 2 aliphatic rings. The van der Waals surface area contributed by atoms with Gasteiger partial charge in [-0.2, -0.15) is 0 Å². The molecule has 0 spiro atoms. The van der Waals surface area contributed by atoms with E-state index in [1.54, 1.807) is 0 Å². The molecule has 0 unspecified atom stereocenters. The highest BCUT2D eigenvalue weighted by molar-refractivity contribution is 5.70. The summed E-state index contributed by atoms with van der Waals surface area (Å²) in [5, 5.41) is 65.9. The fourth-order valence-electron chi connectivity index (χ4n) is 12.5. The van der Waals surface area contributed by atoms with Gasteiger partial charge in [0.25, 0.3) is 0 Å². The van der Waals surface area contributed by atoms with Crippen molar-refractivity contribution in [3.63, 3.8) is 0 Å². The van der Waals surface area contributed by atoms with Crippen LogP contribution in [0.4, 0.5) is 0 Å². The lowest BCUT2D eigenvalue weighted by molar-refractivity contribution is -0.376. The van der Waals surface area contributed by atoms with Crippen LogP contribution in [0.2, 0.25) is 0 Å². The van der Waals surface area contributed by atoms with E-state index < -0.39 is 86.6 Å². The Hall–Kier alpha value is -1.42. The van der Waals surface area contributed by atoms with E-state index in [4.69, 9.17) is 23.7 Å². The van der Waals surface area contributed by atoms with Crippen molar-refractivity contribution in [2.24, 2.45) is 11.8 Å². The third-order valence-corrected chi connectivity index (χ3v) is 18.2. The molecule has 13 heteroatoms. The van der Waals surface area contributed by atoms with Crippen LogP contribution < -0.4 is 0 Å². The molecule has 0 aromatic rings. The van der Waals surface area contributed by atoms with Crippen molar-refractivity contribution in [3.8, 4) is 0 Å². The molecule has 2 aliphatic heterocycles. The summed E-state index contributed by atoms with van der Waals surface area (Å²) in [4.78, 5) is 27.0. The fraction of sp³-hybridized carbons (Fsp3) is 0.971. The third kappa shape index (κ3) is 39.3. The molecular weight excluding hydrogens is 1050 g/mol. The highest BCUT2D eigenvalue weighted by Gasteiger charge is 2.50. The molecule has 0 bridgehead atoms.